The van der Waals surface area contributed by atoms with Crippen molar-refractivity contribution in [2.24, 2.45) is 0 Å². The monoisotopic (exact) mass is 367 g/mol. The summed E-state index contributed by atoms with van der Waals surface area (Å²) in [7, 11) is 0. The number of hydrogen-bond donors (Lipinski definition) is 2. The summed E-state index contributed by atoms with van der Waals surface area (Å²) in [4.78, 5) is 14.8. The van der Waals surface area contributed by atoms with Crippen molar-refractivity contribution in [3.63, 3.8) is 0 Å². The lowest BCUT2D eigenvalue weighted by molar-refractivity contribution is -0.116. The first-order valence-electron chi connectivity index (χ1n) is 9.75. The molecule has 144 valence electrons. The van der Waals surface area contributed by atoms with Crippen LogP contribution < -0.4 is 15.5 Å². The maximum absolute atomic E-state index is 12.5. The maximum Gasteiger partial charge on any atom is 0.246 e. The van der Waals surface area contributed by atoms with Gasteiger partial charge in [-0.3, -0.25) is 4.79 Å². The number of hydrogen-bond acceptors (Lipinski definition) is 4. The molecular formula is C22H29N3O2. The second kappa shape index (κ2) is 9.42. The second-order valence-electron chi connectivity index (χ2n) is 6.95. The number of benzene rings is 2. The molecule has 2 N–H and O–H groups in total. The fourth-order valence-corrected chi connectivity index (χ4v) is 3.20. The zero-order chi connectivity index (χ0) is 19.1. The van der Waals surface area contributed by atoms with Crippen LogP contribution >= 0.6 is 0 Å². The van der Waals surface area contributed by atoms with E-state index in [2.05, 4.69) is 34.6 Å². The molecule has 1 saturated heterocycles. The number of nitrogens with one attached hydrogen (secondary N) is 2. The number of carbonyl (C=O) groups excluding carboxylic acids is 1. The highest BCUT2D eigenvalue weighted by Gasteiger charge is 2.14. The molecule has 1 fully saturated rings. The van der Waals surface area contributed by atoms with Crippen LogP contribution in [-0.2, 0) is 16.0 Å². The zero-order valence-corrected chi connectivity index (χ0v) is 16.2. The number of amides is 1. The standard InChI is InChI=1S/C22H29N3O2/c1-3-4-18-5-7-19(8-6-18)23-17(2)22(26)24-20-9-11-21(12-10-20)25-13-15-27-16-14-25/h5-12,17,23H,3-4,13-16H2,1-2H3,(H,24,26)/t17-/m0/s1. The normalized spacial score (nSPS) is 15.3. The molecule has 1 aliphatic rings. The van der Waals surface area contributed by atoms with Crippen molar-refractivity contribution in [3.8, 4) is 0 Å². The lowest BCUT2D eigenvalue weighted by Crippen LogP contribution is -2.36. The van der Waals surface area contributed by atoms with Crippen molar-refractivity contribution in [1.29, 1.82) is 0 Å². The molecule has 2 aromatic rings. The van der Waals surface area contributed by atoms with Gasteiger partial charge in [-0.2, -0.15) is 0 Å². The fraction of sp³-hybridized carbons (Fsp3) is 0.409. The van der Waals surface area contributed by atoms with Gasteiger partial charge in [0.2, 0.25) is 5.91 Å². The molecule has 3 rings (SSSR count). The summed E-state index contributed by atoms with van der Waals surface area (Å²) in [5, 5.41) is 6.24. The summed E-state index contributed by atoms with van der Waals surface area (Å²) in [5.74, 6) is -0.0493. The van der Waals surface area contributed by atoms with Crippen molar-refractivity contribution in [3.05, 3.63) is 54.1 Å². The number of ether oxygens (including phenoxy) is 1. The maximum atomic E-state index is 12.5. The molecular weight excluding hydrogens is 338 g/mol. The Morgan fingerprint density at radius 1 is 1.04 bits per heavy atom. The van der Waals surface area contributed by atoms with E-state index in [1.54, 1.807) is 0 Å². The number of aryl methyl sites for hydroxylation is 1. The van der Waals surface area contributed by atoms with Gasteiger partial charge < -0.3 is 20.3 Å². The first kappa shape index (κ1) is 19.2. The summed E-state index contributed by atoms with van der Waals surface area (Å²) < 4.78 is 5.39. The molecule has 5 nitrogen and oxygen atoms in total. The van der Waals surface area contributed by atoms with Gasteiger partial charge in [0.15, 0.2) is 0 Å². The largest absolute Gasteiger partial charge is 0.378 e. The molecule has 2 aromatic carbocycles. The molecule has 1 atom stereocenters. The highest BCUT2D eigenvalue weighted by Crippen LogP contribution is 2.19. The van der Waals surface area contributed by atoms with E-state index in [0.29, 0.717) is 0 Å². The molecule has 0 bridgehead atoms. The van der Waals surface area contributed by atoms with Crippen LogP contribution in [0.2, 0.25) is 0 Å². The van der Waals surface area contributed by atoms with E-state index >= 15 is 0 Å². The molecule has 27 heavy (non-hydrogen) atoms. The number of carbonyl (C=O) groups is 1. The lowest BCUT2D eigenvalue weighted by atomic mass is 10.1. The van der Waals surface area contributed by atoms with Crippen LogP contribution in [-0.4, -0.2) is 38.3 Å². The summed E-state index contributed by atoms with van der Waals surface area (Å²) in [6, 6.07) is 16.0. The number of rotatable bonds is 7. The van der Waals surface area contributed by atoms with Crippen LogP contribution in [0.15, 0.2) is 48.5 Å². The summed E-state index contributed by atoms with van der Waals surface area (Å²) in [6.07, 6.45) is 2.21. The highest BCUT2D eigenvalue weighted by atomic mass is 16.5. The minimum Gasteiger partial charge on any atom is -0.378 e. The van der Waals surface area contributed by atoms with E-state index in [1.807, 2.05) is 43.3 Å². The van der Waals surface area contributed by atoms with E-state index in [0.717, 1.165) is 56.2 Å². The molecule has 0 unspecified atom stereocenters. The van der Waals surface area contributed by atoms with Gasteiger partial charge in [-0.05, 0) is 55.3 Å². The molecule has 1 aliphatic heterocycles. The molecule has 5 heteroatoms. The Balaban J connectivity index is 1.52. The quantitative estimate of drug-likeness (QED) is 0.779. The van der Waals surface area contributed by atoms with Gasteiger partial charge in [0.05, 0.1) is 13.2 Å². The third-order valence-electron chi connectivity index (χ3n) is 4.78. The Morgan fingerprint density at radius 2 is 1.67 bits per heavy atom. The third kappa shape index (κ3) is 5.47. The Morgan fingerprint density at radius 3 is 2.30 bits per heavy atom. The van der Waals surface area contributed by atoms with Crippen LogP contribution in [0.4, 0.5) is 17.1 Å². The molecule has 0 radical (unpaired) electrons. The topological polar surface area (TPSA) is 53.6 Å². The number of anilines is 3. The number of nitrogens with zero attached hydrogens (tertiary/aromatic N) is 1. The summed E-state index contributed by atoms with van der Waals surface area (Å²) >= 11 is 0. The van der Waals surface area contributed by atoms with Gasteiger partial charge in [-0.25, -0.2) is 0 Å². The second-order valence-corrected chi connectivity index (χ2v) is 6.95. The first-order chi connectivity index (χ1) is 13.2. The lowest BCUT2D eigenvalue weighted by Gasteiger charge is -2.29. The van der Waals surface area contributed by atoms with E-state index in [9.17, 15) is 4.79 Å². The molecule has 0 saturated carbocycles. The van der Waals surface area contributed by atoms with Crippen LogP contribution in [0.5, 0.6) is 0 Å². The molecule has 1 amide bonds. The zero-order valence-electron chi connectivity index (χ0n) is 16.2. The smallest absolute Gasteiger partial charge is 0.246 e. The van der Waals surface area contributed by atoms with Gasteiger partial charge in [0, 0.05) is 30.2 Å². The van der Waals surface area contributed by atoms with E-state index in [4.69, 9.17) is 4.74 Å². The van der Waals surface area contributed by atoms with Crippen LogP contribution in [0.3, 0.4) is 0 Å². The molecule has 0 aromatic heterocycles. The molecule has 0 spiro atoms. The molecule has 1 heterocycles. The van der Waals surface area contributed by atoms with Crippen molar-refractivity contribution >= 4 is 23.0 Å². The Labute approximate surface area is 161 Å². The third-order valence-corrected chi connectivity index (χ3v) is 4.78. The first-order valence-corrected chi connectivity index (χ1v) is 9.75. The van der Waals surface area contributed by atoms with Crippen molar-refractivity contribution in [2.45, 2.75) is 32.7 Å². The van der Waals surface area contributed by atoms with Crippen LogP contribution in [0.25, 0.3) is 0 Å². The van der Waals surface area contributed by atoms with Gasteiger partial charge >= 0.3 is 0 Å². The predicted molar refractivity (Wildman–Crippen MR) is 112 cm³/mol. The van der Waals surface area contributed by atoms with E-state index in [-0.39, 0.29) is 11.9 Å². The van der Waals surface area contributed by atoms with Crippen molar-refractivity contribution in [1.82, 2.24) is 0 Å². The van der Waals surface area contributed by atoms with Gasteiger partial charge in [-0.15, -0.1) is 0 Å². The highest BCUT2D eigenvalue weighted by molar-refractivity contribution is 5.96. The minimum atomic E-state index is -0.319. The Kier molecular flexibility index (Phi) is 6.71. The fourth-order valence-electron chi connectivity index (χ4n) is 3.20. The van der Waals surface area contributed by atoms with Crippen LogP contribution in [0.1, 0.15) is 25.8 Å². The van der Waals surface area contributed by atoms with E-state index in [1.165, 1.54) is 5.56 Å². The van der Waals surface area contributed by atoms with Gasteiger partial charge in [0.1, 0.15) is 6.04 Å². The average molecular weight is 367 g/mol. The molecule has 0 aliphatic carbocycles. The number of morpholine rings is 1. The predicted octanol–water partition coefficient (Wildman–Crippen LogP) is 3.91. The van der Waals surface area contributed by atoms with Gasteiger partial charge in [-0.1, -0.05) is 25.5 Å². The minimum absolute atomic E-state index is 0.0493. The summed E-state index contributed by atoms with van der Waals surface area (Å²) in [5.41, 5.74) is 4.25. The van der Waals surface area contributed by atoms with Gasteiger partial charge in [0.25, 0.3) is 0 Å². The Hall–Kier alpha value is -2.53. The Bertz CT molecular complexity index is 722. The van der Waals surface area contributed by atoms with Crippen LogP contribution in [0, 0.1) is 0 Å². The van der Waals surface area contributed by atoms with Crippen molar-refractivity contribution < 1.29 is 9.53 Å². The average Bonchev–Trinajstić information content (AvgIpc) is 2.71. The summed E-state index contributed by atoms with van der Waals surface area (Å²) in [6.45, 7) is 7.39. The van der Waals surface area contributed by atoms with E-state index < -0.39 is 0 Å². The van der Waals surface area contributed by atoms with Crippen molar-refractivity contribution in [2.75, 3.05) is 41.8 Å². The SMILES string of the molecule is CCCc1ccc(N[C@@H](C)C(=O)Nc2ccc(N3CCOCC3)cc2)cc1.